The first-order valence-electron chi connectivity index (χ1n) is 7.51. The SMILES string of the molecule is C/C=C\C(=C(/C)c1ccccc1)C(O)C1CCNCC1. The van der Waals surface area contributed by atoms with E-state index in [1.165, 1.54) is 11.1 Å². The van der Waals surface area contributed by atoms with Crippen LogP contribution in [0.25, 0.3) is 5.57 Å². The number of aliphatic hydroxyl groups is 1. The molecule has 2 nitrogen and oxygen atoms in total. The van der Waals surface area contributed by atoms with Crippen LogP contribution in [0.3, 0.4) is 0 Å². The quantitative estimate of drug-likeness (QED) is 0.823. The van der Waals surface area contributed by atoms with Crippen molar-refractivity contribution in [1.29, 1.82) is 0 Å². The first-order valence-corrected chi connectivity index (χ1v) is 7.51. The van der Waals surface area contributed by atoms with Gasteiger partial charge in [-0.05, 0) is 62.4 Å². The molecule has 108 valence electrons. The monoisotopic (exact) mass is 271 g/mol. The number of hydrogen-bond donors (Lipinski definition) is 2. The van der Waals surface area contributed by atoms with Crippen molar-refractivity contribution in [2.24, 2.45) is 5.92 Å². The highest BCUT2D eigenvalue weighted by molar-refractivity contribution is 5.70. The average molecular weight is 271 g/mol. The Bertz CT molecular complexity index is 469. The van der Waals surface area contributed by atoms with E-state index in [0.717, 1.165) is 31.5 Å². The third-order valence-corrected chi connectivity index (χ3v) is 4.14. The van der Waals surface area contributed by atoms with Gasteiger partial charge in [-0.15, -0.1) is 0 Å². The number of piperidine rings is 1. The molecule has 1 aromatic carbocycles. The van der Waals surface area contributed by atoms with Crippen LogP contribution in [0, 0.1) is 5.92 Å². The highest BCUT2D eigenvalue weighted by atomic mass is 16.3. The standard InChI is InChI=1S/C18H25NO/c1-3-7-17(14(2)15-8-5-4-6-9-15)18(20)16-10-12-19-13-11-16/h3-9,16,18-20H,10-13H2,1-2H3/b7-3-,17-14-. The van der Waals surface area contributed by atoms with Crippen molar-refractivity contribution in [3.05, 3.63) is 53.6 Å². The Morgan fingerprint density at radius 1 is 1.25 bits per heavy atom. The first-order chi connectivity index (χ1) is 9.74. The second kappa shape index (κ2) is 7.41. The van der Waals surface area contributed by atoms with Crippen molar-refractivity contribution in [1.82, 2.24) is 5.32 Å². The van der Waals surface area contributed by atoms with E-state index < -0.39 is 0 Å². The smallest absolute Gasteiger partial charge is 0.0821 e. The topological polar surface area (TPSA) is 32.3 Å². The van der Waals surface area contributed by atoms with Crippen LogP contribution in [0.5, 0.6) is 0 Å². The van der Waals surface area contributed by atoms with Crippen LogP contribution in [0.2, 0.25) is 0 Å². The highest BCUT2D eigenvalue weighted by Crippen LogP contribution is 2.28. The van der Waals surface area contributed by atoms with E-state index in [0.29, 0.717) is 5.92 Å². The summed E-state index contributed by atoms with van der Waals surface area (Å²) in [6.07, 6.45) is 5.81. The molecule has 1 unspecified atom stereocenters. The maximum absolute atomic E-state index is 10.8. The normalized spacial score (nSPS) is 19.9. The molecule has 2 N–H and O–H groups in total. The van der Waals surface area contributed by atoms with E-state index in [1.54, 1.807) is 0 Å². The zero-order valence-electron chi connectivity index (χ0n) is 12.5. The summed E-state index contributed by atoms with van der Waals surface area (Å²) in [5, 5.41) is 14.1. The highest BCUT2D eigenvalue weighted by Gasteiger charge is 2.24. The molecule has 1 heterocycles. The largest absolute Gasteiger partial charge is 0.388 e. The minimum atomic E-state index is -0.367. The van der Waals surface area contributed by atoms with Gasteiger partial charge in [-0.25, -0.2) is 0 Å². The Balaban J connectivity index is 2.29. The minimum absolute atomic E-state index is 0.362. The van der Waals surface area contributed by atoms with Gasteiger partial charge < -0.3 is 10.4 Å². The lowest BCUT2D eigenvalue weighted by atomic mass is 9.85. The van der Waals surface area contributed by atoms with Crippen LogP contribution < -0.4 is 5.32 Å². The molecule has 2 rings (SSSR count). The van der Waals surface area contributed by atoms with Crippen molar-refractivity contribution in [2.75, 3.05) is 13.1 Å². The number of aliphatic hydroxyl groups excluding tert-OH is 1. The fourth-order valence-corrected chi connectivity index (χ4v) is 2.89. The molecule has 0 bridgehead atoms. The zero-order valence-corrected chi connectivity index (χ0v) is 12.5. The van der Waals surface area contributed by atoms with Crippen LogP contribution in [0.1, 0.15) is 32.3 Å². The molecule has 0 spiro atoms. The summed E-state index contributed by atoms with van der Waals surface area (Å²) in [6.45, 7) is 6.13. The van der Waals surface area contributed by atoms with E-state index >= 15 is 0 Å². The van der Waals surface area contributed by atoms with Crippen molar-refractivity contribution < 1.29 is 5.11 Å². The van der Waals surface area contributed by atoms with Crippen LogP contribution in [0.4, 0.5) is 0 Å². The molecule has 1 aromatic rings. The minimum Gasteiger partial charge on any atom is -0.388 e. The molecule has 1 fully saturated rings. The van der Waals surface area contributed by atoms with Gasteiger partial charge in [0.1, 0.15) is 0 Å². The fraction of sp³-hybridized carbons (Fsp3) is 0.444. The lowest BCUT2D eigenvalue weighted by Gasteiger charge is -2.29. The maximum atomic E-state index is 10.8. The summed E-state index contributed by atoms with van der Waals surface area (Å²) in [4.78, 5) is 0. The summed E-state index contributed by atoms with van der Waals surface area (Å²) in [7, 11) is 0. The Hall–Kier alpha value is -1.38. The Morgan fingerprint density at radius 3 is 2.50 bits per heavy atom. The molecule has 1 atom stereocenters. The van der Waals surface area contributed by atoms with Gasteiger partial charge >= 0.3 is 0 Å². The summed E-state index contributed by atoms with van der Waals surface area (Å²) in [6, 6.07) is 10.3. The van der Waals surface area contributed by atoms with Gasteiger partial charge in [0.2, 0.25) is 0 Å². The van der Waals surface area contributed by atoms with Crippen LogP contribution in [0.15, 0.2) is 48.1 Å². The second-order valence-electron chi connectivity index (χ2n) is 5.48. The van der Waals surface area contributed by atoms with Gasteiger partial charge in [-0.3, -0.25) is 0 Å². The van der Waals surface area contributed by atoms with Crippen molar-refractivity contribution in [2.45, 2.75) is 32.8 Å². The lowest BCUT2D eigenvalue weighted by Crippen LogP contribution is -2.34. The second-order valence-corrected chi connectivity index (χ2v) is 5.48. The van der Waals surface area contributed by atoms with Gasteiger partial charge in [0, 0.05) is 0 Å². The van der Waals surface area contributed by atoms with Crippen LogP contribution in [-0.4, -0.2) is 24.3 Å². The molecule has 0 saturated carbocycles. The Labute approximate surface area is 122 Å². The average Bonchev–Trinajstić information content (AvgIpc) is 2.53. The zero-order chi connectivity index (χ0) is 14.4. The molecule has 1 saturated heterocycles. The molecule has 0 radical (unpaired) electrons. The lowest BCUT2D eigenvalue weighted by molar-refractivity contribution is 0.123. The Morgan fingerprint density at radius 2 is 1.90 bits per heavy atom. The predicted octanol–water partition coefficient (Wildman–Crippen LogP) is 3.40. The number of allylic oxidation sites excluding steroid dienone is 2. The number of nitrogens with one attached hydrogen (secondary N) is 1. The fourth-order valence-electron chi connectivity index (χ4n) is 2.89. The molecule has 1 aliphatic rings. The van der Waals surface area contributed by atoms with Gasteiger partial charge in [-0.2, -0.15) is 0 Å². The Kier molecular flexibility index (Phi) is 5.57. The number of rotatable bonds is 4. The summed E-state index contributed by atoms with van der Waals surface area (Å²) >= 11 is 0. The molecule has 20 heavy (non-hydrogen) atoms. The van der Waals surface area contributed by atoms with E-state index in [4.69, 9.17) is 0 Å². The third-order valence-electron chi connectivity index (χ3n) is 4.14. The van der Waals surface area contributed by atoms with Crippen molar-refractivity contribution in [3.63, 3.8) is 0 Å². The molecule has 0 aromatic heterocycles. The number of hydrogen-bond acceptors (Lipinski definition) is 2. The maximum Gasteiger partial charge on any atom is 0.0821 e. The molecule has 0 aliphatic carbocycles. The first kappa shape index (κ1) is 15.0. The van der Waals surface area contributed by atoms with Gasteiger partial charge in [0.15, 0.2) is 0 Å². The van der Waals surface area contributed by atoms with E-state index in [-0.39, 0.29) is 6.10 Å². The van der Waals surface area contributed by atoms with Crippen LogP contribution >= 0.6 is 0 Å². The summed E-state index contributed by atoms with van der Waals surface area (Å²) in [5.74, 6) is 0.362. The summed E-state index contributed by atoms with van der Waals surface area (Å²) in [5.41, 5.74) is 3.42. The van der Waals surface area contributed by atoms with E-state index in [2.05, 4.69) is 30.4 Å². The van der Waals surface area contributed by atoms with E-state index in [1.807, 2.05) is 31.2 Å². The number of benzene rings is 1. The van der Waals surface area contributed by atoms with Gasteiger partial charge in [-0.1, -0.05) is 42.5 Å². The molecular weight excluding hydrogens is 246 g/mol. The summed E-state index contributed by atoms with van der Waals surface area (Å²) < 4.78 is 0. The molecular formula is C18H25NO. The van der Waals surface area contributed by atoms with Gasteiger partial charge in [0.25, 0.3) is 0 Å². The third kappa shape index (κ3) is 3.59. The molecule has 2 heteroatoms. The van der Waals surface area contributed by atoms with Crippen LogP contribution in [-0.2, 0) is 0 Å². The van der Waals surface area contributed by atoms with E-state index in [9.17, 15) is 5.11 Å². The predicted molar refractivity (Wildman–Crippen MR) is 85.5 cm³/mol. The van der Waals surface area contributed by atoms with Crippen molar-refractivity contribution >= 4 is 5.57 Å². The van der Waals surface area contributed by atoms with Gasteiger partial charge in [0.05, 0.1) is 6.10 Å². The molecule has 0 amide bonds. The molecule has 1 aliphatic heterocycles. The van der Waals surface area contributed by atoms with Crippen molar-refractivity contribution in [3.8, 4) is 0 Å².